The Labute approximate surface area is 141 Å². The molecule has 0 nitrogen and oxygen atoms in total. The Kier molecular flexibility index (Phi) is 46.5. The second-order valence-corrected chi connectivity index (χ2v) is 2.54. The molecule has 0 aromatic heterocycles. The molecule has 0 rings (SSSR count). The molecule has 0 spiro atoms. The van der Waals surface area contributed by atoms with E-state index in [1.807, 2.05) is 0 Å². The van der Waals surface area contributed by atoms with Crippen LogP contribution in [0.25, 0.3) is 0 Å². The van der Waals surface area contributed by atoms with Crippen molar-refractivity contribution in [1.29, 1.82) is 0 Å². The quantitative estimate of drug-likeness (QED) is 0.306. The second-order valence-electron chi connectivity index (χ2n) is 0.429. The van der Waals surface area contributed by atoms with Crippen molar-refractivity contribution >= 4 is 0 Å². The SMILES string of the molecule is [F-].[F-].[F][Zr]([F])([F])[F].[K+].[K+]. The van der Waals surface area contributed by atoms with Gasteiger partial charge in [0, 0.05) is 0 Å². The largest absolute Gasteiger partial charge is 1.00 e. The van der Waals surface area contributed by atoms with Crippen molar-refractivity contribution in [1.82, 2.24) is 0 Å². The van der Waals surface area contributed by atoms with Crippen LogP contribution in [-0.4, -0.2) is 0 Å². The molecule has 0 atom stereocenters. The van der Waals surface area contributed by atoms with Gasteiger partial charge in [-0.15, -0.1) is 0 Å². The predicted molar refractivity (Wildman–Crippen MR) is 4.43 cm³/mol. The average molecular weight is 283 g/mol. The first kappa shape index (κ1) is 29.3. The maximum absolute atomic E-state index is 9.90. The average Bonchev–Trinajstić information content (AvgIpc) is 0.722. The topological polar surface area (TPSA) is 0 Å². The molecule has 0 aliphatic heterocycles. The Morgan fingerprint density at radius 3 is 0.667 bits per heavy atom. The van der Waals surface area contributed by atoms with Gasteiger partial charge < -0.3 is 9.41 Å². The zero-order chi connectivity index (χ0) is 4.50. The summed E-state index contributed by atoms with van der Waals surface area (Å²) in [4.78, 5) is 0. The van der Waals surface area contributed by atoms with E-state index in [2.05, 4.69) is 0 Å². The van der Waals surface area contributed by atoms with Gasteiger partial charge in [0.15, 0.2) is 0 Å². The Balaban J connectivity index is -0.0000000133. The zero-order valence-electron chi connectivity index (χ0n) is 4.77. The summed E-state index contributed by atoms with van der Waals surface area (Å²) in [7, 11) is 0. The summed E-state index contributed by atoms with van der Waals surface area (Å²) in [6.07, 6.45) is 0. The number of rotatable bonds is 0. The van der Waals surface area contributed by atoms with Crippen LogP contribution in [0.5, 0.6) is 0 Å². The summed E-state index contributed by atoms with van der Waals surface area (Å²) in [6, 6.07) is 0. The fourth-order valence-electron chi connectivity index (χ4n) is 0. The van der Waals surface area contributed by atoms with Crippen LogP contribution in [0.4, 0.5) is 10.5 Å². The Bertz CT molecular complexity index is 26.5. The van der Waals surface area contributed by atoms with Crippen LogP contribution in [0.1, 0.15) is 0 Å². The third kappa shape index (κ3) is 79.7. The molecule has 48 valence electrons. The van der Waals surface area contributed by atoms with Gasteiger partial charge in [0.25, 0.3) is 0 Å². The van der Waals surface area contributed by atoms with Gasteiger partial charge in [-0.1, -0.05) is 0 Å². The van der Waals surface area contributed by atoms with Crippen molar-refractivity contribution in [3.8, 4) is 0 Å². The second kappa shape index (κ2) is 14.3. The molecule has 0 saturated heterocycles. The van der Waals surface area contributed by atoms with E-state index in [1.165, 1.54) is 0 Å². The van der Waals surface area contributed by atoms with Crippen LogP contribution in [0.15, 0.2) is 0 Å². The van der Waals surface area contributed by atoms with Gasteiger partial charge >= 0.3 is 136 Å². The number of halogens is 6. The molecule has 0 aromatic carbocycles. The smallest absolute Gasteiger partial charge is 1.00 e. The minimum Gasteiger partial charge on any atom is 1.00 e. The van der Waals surface area contributed by atoms with E-state index < -0.39 is 22.7 Å². The molecule has 0 bridgehead atoms. The molecule has 0 saturated carbocycles. The van der Waals surface area contributed by atoms with Gasteiger partial charge in [0.1, 0.15) is 0 Å². The molecule has 0 radical (unpaired) electrons. The van der Waals surface area contributed by atoms with E-state index in [1.54, 1.807) is 0 Å². The van der Waals surface area contributed by atoms with Crippen LogP contribution in [0.3, 0.4) is 0 Å². The molecule has 0 unspecified atom stereocenters. The molecule has 0 N–H and O–H groups in total. The monoisotopic (exact) mass is 282 g/mol. The minimum atomic E-state index is -7.18. The maximum Gasteiger partial charge on any atom is 1.00 e. The summed E-state index contributed by atoms with van der Waals surface area (Å²) < 4.78 is 39.6. The Hall–Kier alpha value is 3.74. The first-order valence-corrected chi connectivity index (χ1v) is 4.47. The van der Waals surface area contributed by atoms with Gasteiger partial charge in [0.2, 0.25) is 0 Å². The molecular weight excluding hydrogens is 283 g/mol. The molecule has 9 heavy (non-hydrogen) atoms. The van der Waals surface area contributed by atoms with E-state index >= 15 is 0 Å². The van der Waals surface area contributed by atoms with Crippen LogP contribution in [0.2, 0.25) is 0 Å². The Morgan fingerprint density at radius 2 is 0.667 bits per heavy atom. The summed E-state index contributed by atoms with van der Waals surface area (Å²) in [5.74, 6) is 0. The van der Waals surface area contributed by atoms with Crippen molar-refractivity contribution in [2.45, 2.75) is 0 Å². The number of hydrogen-bond acceptors (Lipinski definition) is 0. The molecule has 0 aromatic rings. The van der Waals surface area contributed by atoms with Gasteiger partial charge in [0.05, 0.1) is 0 Å². The van der Waals surface area contributed by atoms with Gasteiger partial charge in [-0.2, -0.15) is 0 Å². The van der Waals surface area contributed by atoms with Crippen molar-refractivity contribution in [3.63, 3.8) is 0 Å². The van der Waals surface area contributed by atoms with Crippen molar-refractivity contribution in [3.05, 3.63) is 0 Å². The normalized spacial score (nSPS) is 6.67. The predicted octanol–water partition coefficient (Wildman–Crippen LogP) is -10.3. The van der Waals surface area contributed by atoms with Crippen LogP contribution < -0.4 is 112 Å². The van der Waals surface area contributed by atoms with Crippen LogP contribution in [0, 0.1) is 0 Å². The van der Waals surface area contributed by atoms with Crippen molar-refractivity contribution in [2.75, 3.05) is 0 Å². The van der Waals surface area contributed by atoms with E-state index in [0.717, 1.165) is 0 Å². The molecule has 0 fully saturated rings. The first-order chi connectivity index (χ1) is 2.00. The molecule has 9 heteroatoms. The van der Waals surface area contributed by atoms with E-state index in [4.69, 9.17) is 0 Å². The Morgan fingerprint density at radius 1 is 0.667 bits per heavy atom. The van der Waals surface area contributed by atoms with Gasteiger partial charge in [-0.3, -0.25) is 0 Å². The van der Waals surface area contributed by atoms with E-state index in [-0.39, 0.29) is 112 Å². The molecule has 0 aliphatic carbocycles. The standard InChI is InChI=1S/6FH.2K.Zr/h6*1H;;;/q;;;;;;2*+1;+4/p-6. The summed E-state index contributed by atoms with van der Waals surface area (Å²) in [5.41, 5.74) is 0. The third-order valence-electron chi connectivity index (χ3n) is 0. The summed E-state index contributed by atoms with van der Waals surface area (Å²) >= 11 is -7.18. The summed E-state index contributed by atoms with van der Waals surface area (Å²) in [5, 5.41) is 0. The van der Waals surface area contributed by atoms with E-state index in [0.29, 0.717) is 0 Å². The van der Waals surface area contributed by atoms with Gasteiger partial charge in [-0.25, -0.2) is 0 Å². The van der Waals surface area contributed by atoms with Gasteiger partial charge in [-0.05, 0) is 0 Å². The minimum absolute atomic E-state index is 0. The fraction of sp³-hybridized carbons (Fsp3) is 0. The van der Waals surface area contributed by atoms with Crippen LogP contribution >= 0.6 is 0 Å². The van der Waals surface area contributed by atoms with E-state index in [9.17, 15) is 10.5 Å². The zero-order valence-corrected chi connectivity index (χ0v) is 13.5. The number of hydrogen-bond donors (Lipinski definition) is 0. The first-order valence-electron chi connectivity index (χ1n) is 0.756. The molecule has 0 heterocycles. The molecule has 0 aliphatic rings. The fourth-order valence-corrected chi connectivity index (χ4v) is 0. The molecule has 0 amide bonds. The summed E-state index contributed by atoms with van der Waals surface area (Å²) in [6.45, 7) is 0. The molecular formula is F6K2Zr. The van der Waals surface area contributed by atoms with Crippen molar-refractivity contribution < 1.29 is 145 Å². The van der Waals surface area contributed by atoms with Crippen molar-refractivity contribution in [2.24, 2.45) is 0 Å². The third-order valence-corrected chi connectivity index (χ3v) is 0. The maximum atomic E-state index is 9.90. The van der Waals surface area contributed by atoms with Crippen LogP contribution in [-0.2, 0) is 22.7 Å².